The maximum atomic E-state index is 11.8. The number of ether oxygens (including phenoxy) is 1. The fourth-order valence-corrected chi connectivity index (χ4v) is 3.45. The smallest absolute Gasteiger partial charge is 0.310 e. The van der Waals surface area contributed by atoms with Crippen molar-refractivity contribution in [2.24, 2.45) is 0 Å². The van der Waals surface area contributed by atoms with Crippen LogP contribution < -0.4 is 5.32 Å². The lowest BCUT2D eigenvalue weighted by molar-refractivity contribution is -0.142. The zero-order valence-electron chi connectivity index (χ0n) is 13.6. The number of fused-ring (bicyclic) bond motifs is 1. The maximum Gasteiger partial charge on any atom is 0.310 e. The number of esters is 1. The van der Waals surface area contributed by atoms with E-state index in [-0.39, 0.29) is 12.4 Å². The van der Waals surface area contributed by atoms with Gasteiger partial charge < -0.3 is 14.5 Å². The Bertz CT molecular complexity index is 907. The van der Waals surface area contributed by atoms with Gasteiger partial charge in [0, 0.05) is 23.7 Å². The molecule has 130 valence electrons. The van der Waals surface area contributed by atoms with Gasteiger partial charge in [0.15, 0.2) is 5.22 Å². The number of hydrogen-bond acceptors (Lipinski definition) is 4. The van der Waals surface area contributed by atoms with Gasteiger partial charge in [-0.05, 0) is 63.8 Å². The van der Waals surface area contributed by atoms with Gasteiger partial charge in [0.1, 0.15) is 5.58 Å². The second kappa shape index (κ2) is 7.93. The predicted octanol–water partition coefficient (Wildman–Crippen LogP) is 5.57. The Hall–Kier alpha value is -1.98. The minimum absolute atomic E-state index is 0.228. The molecule has 4 nitrogen and oxygen atoms in total. The molecule has 3 aromatic rings. The van der Waals surface area contributed by atoms with E-state index < -0.39 is 0 Å². The molecule has 0 aliphatic carbocycles. The molecule has 1 heterocycles. The third kappa shape index (κ3) is 4.35. The van der Waals surface area contributed by atoms with Gasteiger partial charge in [-0.25, -0.2) is 0 Å². The molecule has 2 aromatic carbocycles. The minimum Gasteiger partial charge on any atom is -0.466 e. The number of carbonyl (C=O) groups excluding carboxylic acids is 1. The van der Waals surface area contributed by atoms with Crippen molar-refractivity contribution in [3.05, 3.63) is 63.3 Å². The summed E-state index contributed by atoms with van der Waals surface area (Å²) in [4.78, 5) is 11.8. The van der Waals surface area contributed by atoms with Gasteiger partial charge >= 0.3 is 5.97 Å². The Morgan fingerprint density at radius 2 is 2.08 bits per heavy atom. The highest BCUT2D eigenvalue weighted by Crippen LogP contribution is 2.31. The van der Waals surface area contributed by atoms with Crippen LogP contribution in [0.25, 0.3) is 11.0 Å². The molecule has 3 rings (SSSR count). The molecule has 0 radical (unpaired) electrons. The van der Waals surface area contributed by atoms with Crippen molar-refractivity contribution in [3.8, 4) is 0 Å². The van der Waals surface area contributed by atoms with Crippen molar-refractivity contribution in [1.82, 2.24) is 0 Å². The first-order chi connectivity index (χ1) is 12.1. The zero-order chi connectivity index (χ0) is 17.8. The molecule has 0 fully saturated rings. The average molecular weight is 423 g/mol. The van der Waals surface area contributed by atoms with E-state index >= 15 is 0 Å². The number of hydrogen-bond donors (Lipinski definition) is 1. The Balaban J connectivity index is 1.76. The first-order valence-electron chi connectivity index (χ1n) is 7.91. The van der Waals surface area contributed by atoms with Gasteiger partial charge in [-0.15, -0.1) is 0 Å². The molecule has 1 aromatic heterocycles. The monoisotopic (exact) mass is 421 g/mol. The lowest BCUT2D eigenvalue weighted by Gasteiger charge is -2.12. The zero-order valence-corrected chi connectivity index (χ0v) is 16.0. The van der Waals surface area contributed by atoms with Crippen LogP contribution in [0.2, 0.25) is 5.22 Å². The van der Waals surface area contributed by atoms with Crippen LogP contribution in [0.15, 0.2) is 51.4 Å². The number of anilines is 1. The van der Waals surface area contributed by atoms with Crippen molar-refractivity contribution >= 4 is 50.2 Å². The molecule has 0 spiro atoms. The molecule has 1 N–H and O–H groups in total. The van der Waals surface area contributed by atoms with Crippen molar-refractivity contribution < 1.29 is 13.9 Å². The molecule has 0 amide bonds. The topological polar surface area (TPSA) is 51.5 Å². The normalized spacial score (nSPS) is 10.8. The Kier molecular flexibility index (Phi) is 5.66. The number of halogens is 2. The Labute approximate surface area is 159 Å². The summed E-state index contributed by atoms with van der Waals surface area (Å²) in [5.74, 6) is -0.228. The third-order valence-corrected chi connectivity index (χ3v) is 4.52. The predicted molar refractivity (Wildman–Crippen MR) is 103 cm³/mol. The largest absolute Gasteiger partial charge is 0.466 e. The molecule has 0 bridgehead atoms. The first-order valence-corrected chi connectivity index (χ1v) is 9.08. The second-order valence-electron chi connectivity index (χ2n) is 5.54. The molecule has 0 aliphatic rings. The molecule has 0 unspecified atom stereocenters. The maximum absolute atomic E-state index is 11.8. The SMILES string of the molecule is CCOC(=O)Cc1ccccc1NCc1cc(Br)c2oc(Cl)cc2c1. The van der Waals surface area contributed by atoms with Crippen LogP contribution in [-0.4, -0.2) is 12.6 Å². The van der Waals surface area contributed by atoms with Gasteiger partial charge in [0.05, 0.1) is 17.5 Å². The van der Waals surface area contributed by atoms with Crippen LogP contribution >= 0.6 is 27.5 Å². The summed E-state index contributed by atoms with van der Waals surface area (Å²) in [6, 6.07) is 13.5. The Morgan fingerprint density at radius 3 is 2.88 bits per heavy atom. The highest BCUT2D eigenvalue weighted by Gasteiger charge is 2.10. The molecular formula is C19H17BrClNO3. The third-order valence-electron chi connectivity index (χ3n) is 3.74. The molecule has 0 aliphatic heterocycles. The quantitative estimate of drug-likeness (QED) is 0.528. The van der Waals surface area contributed by atoms with Gasteiger partial charge in [0.25, 0.3) is 0 Å². The van der Waals surface area contributed by atoms with Crippen molar-refractivity contribution in [2.75, 3.05) is 11.9 Å². The van der Waals surface area contributed by atoms with Gasteiger partial charge in [-0.3, -0.25) is 4.79 Å². The molecule has 0 saturated heterocycles. The van der Waals surface area contributed by atoms with Crippen molar-refractivity contribution in [3.63, 3.8) is 0 Å². The fraction of sp³-hybridized carbons (Fsp3) is 0.211. The summed E-state index contributed by atoms with van der Waals surface area (Å²) in [5.41, 5.74) is 3.63. The van der Waals surface area contributed by atoms with E-state index in [9.17, 15) is 4.79 Å². The molecule has 0 saturated carbocycles. The van der Waals surface area contributed by atoms with Crippen LogP contribution in [-0.2, 0) is 22.5 Å². The molecule has 6 heteroatoms. The van der Waals surface area contributed by atoms with Crippen molar-refractivity contribution in [2.45, 2.75) is 19.9 Å². The van der Waals surface area contributed by atoms with E-state index in [2.05, 4.69) is 21.2 Å². The molecule has 25 heavy (non-hydrogen) atoms. The van der Waals surface area contributed by atoms with Crippen molar-refractivity contribution in [1.29, 1.82) is 0 Å². The molecule has 0 atom stereocenters. The second-order valence-corrected chi connectivity index (χ2v) is 6.77. The standard InChI is InChI=1S/C19H17BrClNO3/c1-2-24-18(23)10-13-5-3-4-6-16(13)22-11-12-7-14-9-17(21)25-19(14)15(20)8-12/h3-9,22H,2,10-11H2,1H3. The van der Waals surface area contributed by atoms with E-state index in [1.165, 1.54) is 0 Å². The first kappa shape index (κ1) is 17.8. The number of carbonyl (C=O) groups is 1. The van der Waals surface area contributed by atoms with E-state index in [1.54, 1.807) is 13.0 Å². The average Bonchev–Trinajstić information content (AvgIpc) is 2.95. The number of benzene rings is 2. The van der Waals surface area contributed by atoms with Crippen LogP contribution in [0.1, 0.15) is 18.1 Å². The van der Waals surface area contributed by atoms with Crippen LogP contribution in [0.5, 0.6) is 0 Å². The summed E-state index contributed by atoms with van der Waals surface area (Å²) in [6.45, 7) is 2.80. The van der Waals surface area contributed by atoms with E-state index in [4.69, 9.17) is 20.8 Å². The van der Waals surface area contributed by atoms with E-state index in [1.807, 2.05) is 36.4 Å². The minimum atomic E-state index is -0.228. The number of furan rings is 1. The summed E-state index contributed by atoms with van der Waals surface area (Å²) < 4.78 is 11.3. The fourth-order valence-electron chi connectivity index (χ4n) is 2.65. The summed E-state index contributed by atoms with van der Waals surface area (Å²) in [7, 11) is 0. The van der Waals surface area contributed by atoms with E-state index in [0.29, 0.717) is 18.4 Å². The number of rotatable bonds is 6. The van der Waals surface area contributed by atoms with Crippen LogP contribution in [0.3, 0.4) is 0 Å². The van der Waals surface area contributed by atoms with E-state index in [0.717, 1.165) is 32.3 Å². The van der Waals surface area contributed by atoms with Crippen LogP contribution in [0.4, 0.5) is 5.69 Å². The lowest BCUT2D eigenvalue weighted by Crippen LogP contribution is -2.10. The lowest BCUT2D eigenvalue weighted by atomic mass is 10.1. The van der Waals surface area contributed by atoms with Crippen LogP contribution in [0, 0.1) is 0 Å². The van der Waals surface area contributed by atoms with Gasteiger partial charge in [-0.1, -0.05) is 18.2 Å². The van der Waals surface area contributed by atoms with Gasteiger partial charge in [-0.2, -0.15) is 0 Å². The highest BCUT2D eigenvalue weighted by atomic mass is 79.9. The number of nitrogens with one attached hydrogen (secondary N) is 1. The van der Waals surface area contributed by atoms with Gasteiger partial charge in [0.2, 0.25) is 0 Å². The summed E-state index contributed by atoms with van der Waals surface area (Å²) >= 11 is 9.44. The number of para-hydroxylation sites is 1. The summed E-state index contributed by atoms with van der Waals surface area (Å²) in [5, 5.41) is 4.69. The molecular weight excluding hydrogens is 406 g/mol. The Morgan fingerprint density at radius 1 is 1.28 bits per heavy atom. The highest BCUT2D eigenvalue weighted by molar-refractivity contribution is 9.10. The summed E-state index contributed by atoms with van der Waals surface area (Å²) in [6.07, 6.45) is 0.247.